The molecule has 8 heteroatoms. The first-order valence-electron chi connectivity index (χ1n) is 15.2. The molecule has 1 saturated heterocycles. The van der Waals surface area contributed by atoms with Crippen molar-refractivity contribution in [1.82, 2.24) is 9.55 Å². The second kappa shape index (κ2) is 15.4. The predicted molar refractivity (Wildman–Crippen MR) is 172 cm³/mol. The Bertz CT molecular complexity index is 1650. The smallest absolute Gasteiger partial charge is 0.351 e. The fraction of sp³-hybridized carbons (Fsp3) is 0.243. The normalized spacial score (nSPS) is 19.4. The minimum absolute atomic E-state index is 0.259. The van der Waals surface area contributed by atoms with E-state index in [2.05, 4.69) is 10.3 Å². The molecule has 0 amide bonds. The number of ether oxygens (including phenoxy) is 4. The summed E-state index contributed by atoms with van der Waals surface area (Å²) in [6.07, 6.45) is -0.693. The summed E-state index contributed by atoms with van der Waals surface area (Å²) in [6, 6.07) is 41.6. The van der Waals surface area contributed by atoms with Gasteiger partial charge in [0, 0.05) is 12.7 Å². The largest absolute Gasteiger partial charge is 0.374 e. The third-order valence-corrected chi connectivity index (χ3v) is 7.67. The lowest BCUT2D eigenvalue weighted by Gasteiger charge is -2.25. The SMILES string of the molecule is O=c1nc(NCc2ccccc2)ccn1[C@@H]1O[C@H](COCc2ccccc2)[C@@H](OCc2ccccc2)[C@H]1OCc1ccccc1. The van der Waals surface area contributed by atoms with Crippen LogP contribution in [0.2, 0.25) is 0 Å². The summed E-state index contributed by atoms with van der Waals surface area (Å²) in [5.74, 6) is 0.486. The molecule has 230 valence electrons. The van der Waals surface area contributed by atoms with Crippen LogP contribution in [-0.2, 0) is 45.3 Å². The van der Waals surface area contributed by atoms with Gasteiger partial charge in [-0.3, -0.25) is 4.57 Å². The van der Waals surface area contributed by atoms with Crippen molar-refractivity contribution >= 4 is 5.82 Å². The van der Waals surface area contributed by atoms with Gasteiger partial charge in [0.2, 0.25) is 0 Å². The molecule has 4 aromatic carbocycles. The van der Waals surface area contributed by atoms with Gasteiger partial charge in [0.15, 0.2) is 6.23 Å². The molecule has 6 rings (SSSR count). The third-order valence-electron chi connectivity index (χ3n) is 7.67. The molecule has 0 bridgehead atoms. The molecule has 1 aliphatic rings. The molecule has 0 spiro atoms. The molecule has 1 aliphatic heterocycles. The standard InChI is InChI=1S/C37H37N3O5/c41-37-39-33(38-23-28-13-5-1-6-14-28)21-22-40(37)36-35(44-26-31-19-11-4-12-20-31)34(43-25-30-17-9-3-10-18-30)32(45-36)27-42-24-29-15-7-2-8-16-29/h1-22,32,34-36H,23-27H2,(H,38,39,41)/t32-,34-,35-,36-/m1/s1. The van der Waals surface area contributed by atoms with Crippen LogP contribution in [0.4, 0.5) is 5.82 Å². The molecule has 8 nitrogen and oxygen atoms in total. The Hall–Kier alpha value is -4.60. The van der Waals surface area contributed by atoms with E-state index in [4.69, 9.17) is 18.9 Å². The zero-order valence-electron chi connectivity index (χ0n) is 25.0. The van der Waals surface area contributed by atoms with Gasteiger partial charge in [0.25, 0.3) is 0 Å². The quantitative estimate of drug-likeness (QED) is 0.163. The highest BCUT2D eigenvalue weighted by Crippen LogP contribution is 2.35. The van der Waals surface area contributed by atoms with E-state index in [-0.39, 0.29) is 6.61 Å². The first-order chi connectivity index (χ1) is 22.2. The lowest BCUT2D eigenvalue weighted by molar-refractivity contribution is -0.0921. The van der Waals surface area contributed by atoms with Gasteiger partial charge in [-0.25, -0.2) is 4.79 Å². The van der Waals surface area contributed by atoms with Gasteiger partial charge >= 0.3 is 5.69 Å². The molecule has 0 saturated carbocycles. The summed E-state index contributed by atoms with van der Waals surface area (Å²) in [7, 11) is 0. The zero-order valence-corrected chi connectivity index (χ0v) is 25.0. The monoisotopic (exact) mass is 603 g/mol. The summed E-state index contributed by atoms with van der Waals surface area (Å²) < 4.78 is 27.2. The number of aromatic nitrogens is 2. The second-order valence-corrected chi connectivity index (χ2v) is 10.9. The van der Waals surface area contributed by atoms with Gasteiger partial charge in [-0.05, 0) is 28.3 Å². The lowest BCUT2D eigenvalue weighted by Crippen LogP contribution is -2.40. The van der Waals surface area contributed by atoms with Crippen LogP contribution in [0.3, 0.4) is 0 Å². The van der Waals surface area contributed by atoms with Gasteiger partial charge < -0.3 is 24.3 Å². The van der Waals surface area contributed by atoms with Crippen molar-refractivity contribution in [2.24, 2.45) is 0 Å². The van der Waals surface area contributed by atoms with Crippen LogP contribution >= 0.6 is 0 Å². The topological polar surface area (TPSA) is 83.8 Å². The van der Waals surface area contributed by atoms with Crippen molar-refractivity contribution in [3.63, 3.8) is 0 Å². The lowest BCUT2D eigenvalue weighted by atomic mass is 10.1. The molecule has 5 aromatic rings. The van der Waals surface area contributed by atoms with Crippen LogP contribution in [0.5, 0.6) is 0 Å². The maximum absolute atomic E-state index is 13.5. The number of rotatable bonds is 14. The zero-order chi connectivity index (χ0) is 30.7. The number of nitrogens with zero attached hydrogens (tertiary/aromatic N) is 2. The van der Waals surface area contributed by atoms with Gasteiger partial charge in [0.05, 0.1) is 26.4 Å². The van der Waals surface area contributed by atoms with E-state index >= 15 is 0 Å². The van der Waals surface area contributed by atoms with Gasteiger partial charge in [-0.15, -0.1) is 0 Å². The van der Waals surface area contributed by atoms with Crippen molar-refractivity contribution in [3.8, 4) is 0 Å². The van der Waals surface area contributed by atoms with E-state index < -0.39 is 30.2 Å². The Morgan fingerprint density at radius 1 is 0.644 bits per heavy atom. The van der Waals surface area contributed by atoms with Crippen LogP contribution < -0.4 is 11.0 Å². The van der Waals surface area contributed by atoms with Crippen molar-refractivity contribution in [2.75, 3.05) is 11.9 Å². The van der Waals surface area contributed by atoms with Gasteiger partial charge in [-0.2, -0.15) is 4.98 Å². The van der Waals surface area contributed by atoms with Crippen LogP contribution in [0.1, 0.15) is 28.5 Å². The molecule has 2 heterocycles. The summed E-state index contributed by atoms with van der Waals surface area (Å²) in [5.41, 5.74) is 3.74. The first-order valence-corrected chi connectivity index (χ1v) is 15.2. The molecule has 1 aromatic heterocycles. The van der Waals surface area contributed by atoms with E-state index in [1.807, 2.05) is 121 Å². The van der Waals surface area contributed by atoms with E-state index in [9.17, 15) is 4.79 Å². The fourth-order valence-electron chi connectivity index (χ4n) is 5.34. The highest BCUT2D eigenvalue weighted by Gasteiger charge is 2.48. The third kappa shape index (κ3) is 8.32. The minimum Gasteiger partial charge on any atom is -0.374 e. The van der Waals surface area contributed by atoms with Crippen LogP contribution in [0.15, 0.2) is 138 Å². The first kappa shape index (κ1) is 30.4. The molecule has 1 N–H and O–H groups in total. The fourth-order valence-corrected chi connectivity index (χ4v) is 5.34. The maximum Gasteiger partial charge on any atom is 0.351 e. The Balaban J connectivity index is 1.24. The summed E-state index contributed by atoms with van der Waals surface area (Å²) in [6.45, 7) is 1.92. The van der Waals surface area contributed by atoms with Gasteiger partial charge in [0.1, 0.15) is 24.1 Å². The molecule has 4 atom stereocenters. The van der Waals surface area contributed by atoms with Crippen LogP contribution in [-0.4, -0.2) is 34.5 Å². The van der Waals surface area contributed by atoms with Crippen molar-refractivity contribution < 1.29 is 18.9 Å². The van der Waals surface area contributed by atoms with E-state index in [1.165, 1.54) is 4.57 Å². The molecular weight excluding hydrogens is 566 g/mol. The number of nitrogens with one attached hydrogen (secondary N) is 1. The molecule has 1 fully saturated rings. The second-order valence-electron chi connectivity index (χ2n) is 10.9. The minimum atomic E-state index is -0.775. The van der Waals surface area contributed by atoms with Crippen LogP contribution in [0, 0.1) is 0 Å². The summed E-state index contributed by atoms with van der Waals surface area (Å²) in [4.78, 5) is 17.8. The van der Waals surface area contributed by atoms with Crippen molar-refractivity contribution in [1.29, 1.82) is 0 Å². The maximum atomic E-state index is 13.5. The molecule has 0 aliphatic carbocycles. The summed E-state index contributed by atoms with van der Waals surface area (Å²) >= 11 is 0. The molecule has 0 radical (unpaired) electrons. The Kier molecular flexibility index (Phi) is 10.4. The van der Waals surface area contributed by atoms with Crippen LogP contribution in [0.25, 0.3) is 0 Å². The molecule has 0 unspecified atom stereocenters. The number of benzene rings is 4. The van der Waals surface area contributed by atoms with E-state index in [0.29, 0.717) is 32.2 Å². The number of hydrogen-bond acceptors (Lipinski definition) is 7. The molecule has 45 heavy (non-hydrogen) atoms. The molecular formula is C37H37N3O5. The van der Waals surface area contributed by atoms with E-state index in [1.54, 1.807) is 12.3 Å². The van der Waals surface area contributed by atoms with E-state index in [0.717, 1.165) is 22.3 Å². The van der Waals surface area contributed by atoms with Crippen molar-refractivity contribution in [2.45, 2.75) is 50.9 Å². The predicted octanol–water partition coefficient (Wildman–Crippen LogP) is 6.14. The van der Waals surface area contributed by atoms with Crippen molar-refractivity contribution in [3.05, 3.63) is 166 Å². The van der Waals surface area contributed by atoms with Gasteiger partial charge in [-0.1, -0.05) is 121 Å². The Morgan fingerprint density at radius 3 is 1.71 bits per heavy atom. The highest BCUT2D eigenvalue weighted by atomic mass is 16.6. The highest BCUT2D eigenvalue weighted by molar-refractivity contribution is 5.33. The average molecular weight is 604 g/mol. The Labute approximate surface area is 263 Å². The Morgan fingerprint density at radius 2 is 1.16 bits per heavy atom. The number of hydrogen-bond donors (Lipinski definition) is 1. The average Bonchev–Trinajstić information content (AvgIpc) is 3.43. The summed E-state index contributed by atoms with van der Waals surface area (Å²) in [5, 5.41) is 3.24. The number of anilines is 1.